The zero-order chi connectivity index (χ0) is 15.8. The van der Waals surface area contributed by atoms with Crippen LogP contribution in [0.25, 0.3) is 10.8 Å². The van der Waals surface area contributed by atoms with Gasteiger partial charge in [0.2, 0.25) is 0 Å². The highest BCUT2D eigenvalue weighted by molar-refractivity contribution is 9.10. The van der Waals surface area contributed by atoms with Crippen molar-refractivity contribution < 1.29 is 18.0 Å². The van der Waals surface area contributed by atoms with Crippen molar-refractivity contribution in [2.24, 2.45) is 0 Å². The van der Waals surface area contributed by atoms with Crippen LogP contribution in [-0.4, -0.2) is 18.0 Å². The second-order valence-electron chi connectivity index (χ2n) is 4.95. The maximum Gasteiger partial charge on any atom is 0.454 e. The Kier molecular flexibility index (Phi) is 4.27. The molecule has 1 N–H and O–H groups in total. The summed E-state index contributed by atoms with van der Waals surface area (Å²) in [6, 6.07) is 8.11. The largest absolute Gasteiger partial charge is 0.454 e. The summed E-state index contributed by atoms with van der Waals surface area (Å²) >= 11 is 3.24. The molecule has 2 aromatic carbocycles. The van der Waals surface area contributed by atoms with Gasteiger partial charge in [-0.25, -0.2) is 0 Å². The molecule has 0 atom stereocenters. The van der Waals surface area contributed by atoms with Gasteiger partial charge in [-0.2, -0.15) is 13.2 Å². The zero-order valence-electron chi connectivity index (χ0n) is 11.4. The number of hydrogen-bond acceptors (Lipinski definition) is 2. The van der Waals surface area contributed by atoms with Crippen molar-refractivity contribution in [1.29, 1.82) is 0 Å². The van der Waals surface area contributed by atoms with Crippen molar-refractivity contribution in [2.45, 2.75) is 26.1 Å². The summed E-state index contributed by atoms with van der Waals surface area (Å²) in [6.45, 7) is 3.61. The number of ketones is 1. The molecule has 0 amide bonds. The van der Waals surface area contributed by atoms with Gasteiger partial charge in [-0.15, -0.1) is 0 Å². The smallest absolute Gasteiger partial charge is 0.382 e. The minimum Gasteiger partial charge on any atom is -0.382 e. The number of halogens is 4. The van der Waals surface area contributed by atoms with Crippen LogP contribution in [0.15, 0.2) is 34.8 Å². The van der Waals surface area contributed by atoms with Crippen LogP contribution in [0.4, 0.5) is 18.9 Å². The van der Waals surface area contributed by atoms with Gasteiger partial charge < -0.3 is 5.32 Å². The number of carbonyl (C=O) groups is 1. The number of benzene rings is 2. The van der Waals surface area contributed by atoms with Crippen LogP contribution in [0.1, 0.15) is 24.2 Å². The van der Waals surface area contributed by atoms with Crippen LogP contribution in [0.5, 0.6) is 0 Å². The van der Waals surface area contributed by atoms with Crippen LogP contribution < -0.4 is 5.32 Å². The number of alkyl halides is 3. The van der Waals surface area contributed by atoms with Crippen molar-refractivity contribution in [3.8, 4) is 0 Å². The van der Waals surface area contributed by atoms with E-state index >= 15 is 0 Å². The molecule has 2 aromatic rings. The number of carbonyl (C=O) groups excluding carboxylic acids is 1. The highest BCUT2D eigenvalue weighted by Gasteiger charge is 2.41. The topological polar surface area (TPSA) is 29.1 Å². The molecular formula is C15H13BrF3NO. The second kappa shape index (κ2) is 5.67. The summed E-state index contributed by atoms with van der Waals surface area (Å²) in [5.41, 5.74) is -0.159. The summed E-state index contributed by atoms with van der Waals surface area (Å²) in [5.74, 6) is -1.85. The molecule has 0 aromatic heterocycles. The maximum atomic E-state index is 12.8. The minimum atomic E-state index is -4.91. The Morgan fingerprint density at radius 1 is 1.19 bits per heavy atom. The van der Waals surface area contributed by atoms with Crippen LogP contribution >= 0.6 is 15.9 Å². The van der Waals surface area contributed by atoms with Crippen LogP contribution in [0, 0.1) is 0 Å². The molecule has 0 bridgehead atoms. The molecule has 0 aliphatic heterocycles. The van der Waals surface area contributed by atoms with Gasteiger partial charge in [-0.05, 0) is 25.3 Å². The Hall–Kier alpha value is -1.56. The fourth-order valence-corrected chi connectivity index (χ4v) is 2.68. The third-order valence-electron chi connectivity index (χ3n) is 2.93. The monoisotopic (exact) mass is 359 g/mol. The van der Waals surface area contributed by atoms with Crippen LogP contribution in [0.3, 0.4) is 0 Å². The lowest BCUT2D eigenvalue weighted by Gasteiger charge is -2.18. The van der Waals surface area contributed by atoms with Gasteiger partial charge in [0.25, 0.3) is 5.78 Å². The Labute approximate surface area is 128 Å². The van der Waals surface area contributed by atoms with Crippen molar-refractivity contribution >= 4 is 38.2 Å². The zero-order valence-corrected chi connectivity index (χ0v) is 13.0. The Morgan fingerprint density at radius 3 is 2.29 bits per heavy atom. The minimum absolute atomic E-state index is 0.102. The fourth-order valence-electron chi connectivity index (χ4n) is 2.11. The predicted molar refractivity (Wildman–Crippen MR) is 80.8 cm³/mol. The molecule has 0 fully saturated rings. The maximum absolute atomic E-state index is 12.8. The van der Waals surface area contributed by atoms with E-state index in [-0.39, 0.29) is 17.3 Å². The molecule has 0 aliphatic rings. The average Bonchev–Trinajstić information content (AvgIpc) is 2.39. The predicted octanol–water partition coefficient (Wildman–Crippen LogP) is 5.17. The molecule has 0 spiro atoms. The lowest BCUT2D eigenvalue weighted by atomic mass is 10.00. The first kappa shape index (κ1) is 15.8. The van der Waals surface area contributed by atoms with Gasteiger partial charge >= 0.3 is 6.18 Å². The van der Waals surface area contributed by atoms with E-state index in [2.05, 4.69) is 21.2 Å². The molecule has 0 saturated carbocycles. The van der Waals surface area contributed by atoms with E-state index in [0.717, 1.165) is 5.39 Å². The third-order valence-corrected chi connectivity index (χ3v) is 3.59. The number of hydrogen-bond donors (Lipinski definition) is 1. The van der Waals surface area contributed by atoms with Gasteiger partial charge in [0.15, 0.2) is 0 Å². The normalized spacial score (nSPS) is 12.0. The summed E-state index contributed by atoms with van der Waals surface area (Å²) < 4.78 is 38.8. The van der Waals surface area contributed by atoms with Gasteiger partial charge in [-0.3, -0.25) is 4.79 Å². The molecular weight excluding hydrogens is 347 g/mol. The molecule has 112 valence electrons. The van der Waals surface area contributed by atoms with Gasteiger partial charge in [0.1, 0.15) is 0 Å². The Balaban J connectivity index is 2.77. The molecule has 6 heteroatoms. The molecule has 2 nitrogen and oxygen atoms in total. The van der Waals surface area contributed by atoms with Crippen molar-refractivity contribution in [3.05, 3.63) is 40.4 Å². The first-order chi connectivity index (χ1) is 9.71. The van der Waals surface area contributed by atoms with E-state index in [4.69, 9.17) is 0 Å². The van der Waals surface area contributed by atoms with E-state index in [1.807, 2.05) is 0 Å². The molecule has 0 heterocycles. The van der Waals surface area contributed by atoms with Crippen molar-refractivity contribution in [2.75, 3.05) is 5.32 Å². The molecule has 0 aliphatic carbocycles. The summed E-state index contributed by atoms with van der Waals surface area (Å²) in [6.07, 6.45) is -4.91. The molecule has 21 heavy (non-hydrogen) atoms. The average molecular weight is 360 g/mol. The van der Waals surface area contributed by atoms with Crippen molar-refractivity contribution in [3.63, 3.8) is 0 Å². The fraction of sp³-hybridized carbons (Fsp3) is 0.267. The number of Topliss-reactive ketones (excluding diaryl/α,β-unsaturated/α-hetero) is 1. The number of nitrogens with one attached hydrogen (secondary N) is 1. The SMILES string of the molecule is CC(C)Nc1c(C(=O)C(F)(F)F)cc(Br)c2ccccc12. The quantitative estimate of drug-likeness (QED) is 0.766. The van der Waals surface area contributed by atoms with E-state index in [9.17, 15) is 18.0 Å². The molecule has 0 radical (unpaired) electrons. The molecule has 0 unspecified atom stereocenters. The van der Waals surface area contributed by atoms with Crippen LogP contribution in [0.2, 0.25) is 0 Å². The van der Waals surface area contributed by atoms with Gasteiger partial charge in [0.05, 0.1) is 11.3 Å². The van der Waals surface area contributed by atoms with E-state index in [1.165, 1.54) is 6.07 Å². The number of anilines is 1. The lowest BCUT2D eigenvalue weighted by molar-refractivity contribution is -0.0884. The highest BCUT2D eigenvalue weighted by Crippen LogP contribution is 2.36. The first-order valence-electron chi connectivity index (χ1n) is 6.31. The van der Waals surface area contributed by atoms with E-state index in [0.29, 0.717) is 9.86 Å². The molecule has 0 saturated heterocycles. The first-order valence-corrected chi connectivity index (χ1v) is 7.10. The number of rotatable bonds is 3. The number of fused-ring (bicyclic) bond motifs is 1. The summed E-state index contributed by atoms with van der Waals surface area (Å²) in [7, 11) is 0. The van der Waals surface area contributed by atoms with E-state index in [1.54, 1.807) is 38.1 Å². The lowest BCUT2D eigenvalue weighted by Crippen LogP contribution is -2.25. The summed E-state index contributed by atoms with van der Waals surface area (Å²) in [4.78, 5) is 11.7. The standard InChI is InChI=1S/C15H13BrF3NO/c1-8(2)20-13-10-6-4-3-5-9(10)12(16)7-11(13)14(21)15(17,18)19/h3-8,20H,1-2H3. The Morgan fingerprint density at radius 2 is 1.76 bits per heavy atom. The Bertz CT molecular complexity index is 695. The van der Waals surface area contributed by atoms with Gasteiger partial charge in [-0.1, -0.05) is 40.2 Å². The van der Waals surface area contributed by atoms with Crippen LogP contribution in [-0.2, 0) is 0 Å². The second-order valence-corrected chi connectivity index (χ2v) is 5.81. The van der Waals surface area contributed by atoms with E-state index < -0.39 is 12.0 Å². The molecule has 2 rings (SSSR count). The summed E-state index contributed by atoms with van der Waals surface area (Å²) in [5, 5.41) is 4.28. The third kappa shape index (κ3) is 3.20. The van der Waals surface area contributed by atoms with Gasteiger partial charge in [0, 0.05) is 15.9 Å². The highest BCUT2D eigenvalue weighted by atomic mass is 79.9. The van der Waals surface area contributed by atoms with Crippen molar-refractivity contribution in [1.82, 2.24) is 0 Å².